The fourth-order valence-corrected chi connectivity index (χ4v) is 1.74. The Bertz CT molecular complexity index is 592. The smallest absolute Gasteiger partial charge is 0.253 e. The predicted molar refractivity (Wildman–Crippen MR) is 71.4 cm³/mol. The molecule has 2 rings (SSSR count). The highest BCUT2D eigenvalue weighted by Crippen LogP contribution is 2.16. The molecule has 0 aliphatic carbocycles. The normalized spacial score (nSPS) is 10.3. The molecule has 1 amide bonds. The lowest BCUT2D eigenvalue weighted by Gasteiger charge is -2.09. The van der Waals surface area contributed by atoms with Crippen LogP contribution < -0.4 is 16.6 Å². The van der Waals surface area contributed by atoms with E-state index in [1.54, 1.807) is 19.1 Å². The van der Waals surface area contributed by atoms with Gasteiger partial charge in [-0.15, -0.1) is 0 Å². The number of nitrogen functional groups attached to an aromatic ring is 1. The number of nitrogens with zero attached hydrogens (tertiary/aromatic N) is 1. The van der Waals surface area contributed by atoms with Gasteiger partial charge >= 0.3 is 0 Å². The molecule has 0 bridgehead atoms. The summed E-state index contributed by atoms with van der Waals surface area (Å²) in [6.07, 6.45) is 0. The van der Waals surface area contributed by atoms with E-state index in [1.165, 1.54) is 0 Å². The van der Waals surface area contributed by atoms with E-state index < -0.39 is 0 Å². The summed E-state index contributed by atoms with van der Waals surface area (Å²) in [5.41, 5.74) is 5.32. The second-order valence-electron chi connectivity index (χ2n) is 4.30. The lowest BCUT2D eigenvalue weighted by atomic mass is 10.1. The van der Waals surface area contributed by atoms with Gasteiger partial charge < -0.3 is 15.3 Å². The van der Waals surface area contributed by atoms with Crippen LogP contribution in [0.1, 0.15) is 27.4 Å². The van der Waals surface area contributed by atoms with Crippen molar-refractivity contribution in [2.45, 2.75) is 20.4 Å². The highest BCUT2D eigenvalue weighted by atomic mass is 16.5. The van der Waals surface area contributed by atoms with Crippen LogP contribution in [-0.2, 0) is 6.54 Å². The van der Waals surface area contributed by atoms with Crippen LogP contribution in [0.3, 0.4) is 0 Å². The molecule has 0 aliphatic heterocycles. The third-order valence-electron chi connectivity index (χ3n) is 2.68. The van der Waals surface area contributed by atoms with Crippen molar-refractivity contribution in [3.8, 4) is 0 Å². The summed E-state index contributed by atoms with van der Waals surface area (Å²) < 4.78 is 4.93. The number of carbonyl (C=O) groups is 1. The first-order valence-electron chi connectivity index (χ1n) is 5.88. The van der Waals surface area contributed by atoms with Gasteiger partial charge in [0.15, 0.2) is 0 Å². The highest BCUT2D eigenvalue weighted by Gasteiger charge is 2.11. The minimum absolute atomic E-state index is 0.214. The summed E-state index contributed by atoms with van der Waals surface area (Å²) in [4.78, 5) is 12.1. The molecule has 6 nitrogen and oxygen atoms in total. The molecule has 6 heteroatoms. The van der Waals surface area contributed by atoms with Crippen molar-refractivity contribution in [2.75, 3.05) is 5.43 Å². The fourth-order valence-electron chi connectivity index (χ4n) is 1.74. The van der Waals surface area contributed by atoms with Gasteiger partial charge in [0, 0.05) is 6.07 Å². The molecule has 0 atom stereocenters. The zero-order valence-corrected chi connectivity index (χ0v) is 10.9. The quantitative estimate of drug-likeness (QED) is 0.572. The van der Waals surface area contributed by atoms with Gasteiger partial charge in [-0.3, -0.25) is 10.6 Å². The monoisotopic (exact) mass is 260 g/mol. The summed E-state index contributed by atoms with van der Waals surface area (Å²) in [7, 11) is 0. The SMILES string of the molecule is Cc1ccc(C(=O)NCc2cc(C)on2)c(NN)c1. The van der Waals surface area contributed by atoms with Gasteiger partial charge in [0.25, 0.3) is 5.91 Å². The maximum Gasteiger partial charge on any atom is 0.253 e. The van der Waals surface area contributed by atoms with E-state index in [4.69, 9.17) is 10.4 Å². The predicted octanol–water partition coefficient (Wildman–Crippen LogP) is 1.51. The molecular formula is C13H16N4O2. The Morgan fingerprint density at radius 1 is 1.37 bits per heavy atom. The number of hydrazine groups is 1. The van der Waals surface area contributed by atoms with E-state index in [9.17, 15) is 4.79 Å². The van der Waals surface area contributed by atoms with Crippen molar-refractivity contribution in [3.63, 3.8) is 0 Å². The number of hydrogen-bond donors (Lipinski definition) is 3. The Balaban J connectivity index is 2.07. The third kappa shape index (κ3) is 3.11. The van der Waals surface area contributed by atoms with E-state index in [0.29, 0.717) is 29.2 Å². The van der Waals surface area contributed by atoms with Gasteiger partial charge in [-0.05, 0) is 31.5 Å². The molecule has 100 valence electrons. The molecule has 0 unspecified atom stereocenters. The van der Waals surface area contributed by atoms with Crippen LogP contribution in [-0.4, -0.2) is 11.1 Å². The molecular weight excluding hydrogens is 244 g/mol. The van der Waals surface area contributed by atoms with E-state index in [1.807, 2.05) is 19.1 Å². The standard InChI is InChI=1S/C13H16N4O2/c1-8-3-4-11(12(5-8)16-14)13(18)15-7-10-6-9(2)19-17-10/h3-6,16H,7,14H2,1-2H3,(H,15,18). The maximum atomic E-state index is 12.1. The van der Waals surface area contributed by atoms with Crippen LogP contribution in [0.4, 0.5) is 5.69 Å². The maximum absolute atomic E-state index is 12.1. The number of carbonyl (C=O) groups excluding carboxylic acids is 1. The average Bonchev–Trinajstić information content (AvgIpc) is 2.81. The van der Waals surface area contributed by atoms with Crippen LogP contribution in [0.25, 0.3) is 0 Å². The first kappa shape index (κ1) is 13.1. The minimum atomic E-state index is -0.214. The molecule has 1 aromatic heterocycles. The Kier molecular flexibility index (Phi) is 3.82. The Labute approximate surface area is 110 Å². The van der Waals surface area contributed by atoms with E-state index >= 15 is 0 Å². The number of rotatable bonds is 4. The fraction of sp³-hybridized carbons (Fsp3) is 0.231. The molecule has 4 N–H and O–H groups in total. The van der Waals surface area contributed by atoms with E-state index in [-0.39, 0.29) is 5.91 Å². The van der Waals surface area contributed by atoms with Gasteiger partial charge in [-0.2, -0.15) is 0 Å². The Morgan fingerprint density at radius 2 is 2.16 bits per heavy atom. The highest BCUT2D eigenvalue weighted by molar-refractivity contribution is 5.99. The lowest BCUT2D eigenvalue weighted by Crippen LogP contribution is -2.25. The molecule has 0 saturated carbocycles. The molecule has 2 aromatic rings. The van der Waals surface area contributed by atoms with Crippen molar-refractivity contribution in [1.82, 2.24) is 10.5 Å². The first-order valence-corrected chi connectivity index (χ1v) is 5.88. The number of benzene rings is 1. The van der Waals surface area contributed by atoms with Crippen LogP contribution >= 0.6 is 0 Å². The summed E-state index contributed by atoms with van der Waals surface area (Å²) in [6, 6.07) is 7.18. The zero-order chi connectivity index (χ0) is 13.8. The summed E-state index contributed by atoms with van der Waals surface area (Å²) >= 11 is 0. The van der Waals surface area contributed by atoms with Crippen molar-refractivity contribution in [2.24, 2.45) is 5.84 Å². The van der Waals surface area contributed by atoms with Crippen molar-refractivity contribution in [1.29, 1.82) is 0 Å². The molecule has 0 saturated heterocycles. The Hall–Kier alpha value is -2.34. The number of nitrogens with one attached hydrogen (secondary N) is 2. The average molecular weight is 260 g/mol. The third-order valence-corrected chi connectivity index (χ3v) is 2.68. The molecule has 0 spiro atoms. The second kappa shape index (κ2) is 5.53. The van der Waals surface area contributed by atoms with Crippen LogP contribution in [0, 0.1) is 13.8 Å². The summed E-state index contributed by atoms with van der Waals surface area (Å²) in [5.74, 6) is 5.91. The van der Waals surface area contributed by atoms with Gasteiger partial charge in [-0.1, -0.05) is 11.2 Å². The molecule has 0 aliphatic rings. The van der Waals surface area contributed by atoms with Crippen molar-refractivity contribution in [3.05, 3.63) is 46.8 Å². The van der Waals surface area contributed by atoms with Gasteiger partial charge in [0.05, 0.1) is 17.8 Å². The van der Waals surface area contributed by atoms with E-state index in [0.717, 1.165) is 5.56 Å². The van der Waals surface area contributed by atoms with Crippen LogP contribution in [0.5, 0.6) is 0 Å². The number of hydrogen-bond acceptors (Lipinski definition) is 5. The van der Waals surface area contributed by atoms with Crippen molar-refractivity contribution >= 4 is 11.6 Å². The number of aryl methyl sites for hydroxylation is 2. The summed E-state index contributed by atoms with van der Waals surface area (Å²) in [5, 5.41) is 6.57. The van der Waals surface area contributed by atoms with Gasteiger partial charge in [0.2, 0.25) is 0 Å². The second-order valence-corrected chi connectivity index (χ2v) is 4.30. The number of amides is 1. The molecule has 1 heterocycles. The number of aromatic nitrogens is 1. The number of anilines is 1. The largest absolute Gasteiger partial charge is 0.361 e. The van der Waals surface area contributed by atoms with Gasteiger partial charge in [0.1, 0.15) is 11.5 Å². The van der Waals surface area contributed by atoms with Crippen molar-refractivity contribution < 1.29 is 9.32 Å². The van der Waals surface area contributed by atoms with Crippen LogP contribution in [0.15, 0.2) is 28.8 Å². The molecule has 19 heavy (non-hydrogen) atoms. The first-order chi connectivity index (χ1) is 9.10. The van der Waals surface area contributed by atoms with Gasteiger partial charge in [-0.25, -0.2) is 0 Å². The zero-order valence-electron chi connectivity index (χ0n) is 10.9. The summed E-state index contributed by atoms with van der Waals surface area (Å²) in [6.45, 7) is 4.05. The van der Waals surface area contributed by atoms with E-state index in [2.05, 4.69) is 15.9 Å². The lowest BCUT2D eigenvalue weighted by molar-refractivity contribution is 0.0951. The molecule has 0 radical (unpaired) electrons. The molecule has 0 fully saturated rings. The Morgan fingerprint density at radius 3 is 2.79 bits per heavy atom. The topological polar surface area (TPSA) is 93.2 Å². The number of nitrogens with two attached hydrogens (primary N) is 1. The minimum Gasteiger partial charge on any atom is -0.361 e. The van der Waals surface area contributed by atoms with Crippen LogP contribution in [0.2, 0.25) is 0 Å². The molecule has 1 aromatic carbocycles.